The Labute approximate surface area is 92.3 Å². The van der Waals surface area contributed by atoms with Gasteiger partial charge in [-0.3, -0.25) is 4.98 Å². The second-order valence-electron chi connectivity index (χ2n) is 3.54. The summed E-state index contributed by atoms with van der Waals surface area (Å²) >= 11 is 0. The van der Waals surface area contributed by atoms with Gasteiger partial charge >= 0.3 is 0 Å². The third kappa shape index (κ3) is 1.83. The summed E-state index contributed by atoms with van der Waals surface area (Å²) in [5.41, 5.74) is 0.657. The van der Waals surface area contributed by atoms with Gasteiger partial charge in [0.2, 0.25) is 0 Å². The van der Waals surface area contributed by atoms with Crippen LogP contribution < -0.4 is 5.32 Å². The highest BCUT2D eigenvalue weighted by atomic mass is 19.1. The first-order valence-electron chi connectivity index (χ1n) is 5.20. The zero-order chi connectivity index (χ0) is 11.5. The topological polar surface area (TPSA) is 24.9 Å². The highest BCUT2D eigenvalue weighted by Crippen LogP contribution is 2.26. The lowest BCUT2D eigenvalue weighted by atomic mass is 10.1. The van der Waals surface area contributed by atoms with E-state index in [1.807, 2.05) is 6.92 Å². The van der Waals surface area contributed by atoms with E-state index < -0.39 is 11.6 Å². The van der Waals surface area contributed by atoms with Crippen LogP contribution in [0, 0.1) is 11.6 Å². The lowest BCUT2D eigenvalue weighted by molar-refractivity contribution is 0.615. The summed E-state index contributed by atoms with van der Waals surface area (Å²) in [4.78, 5) is 3.86. The number of halogens is 2. The number of rotatable bonds is 3. The second-order valence-corrected chi connectivity index (χ2v) is 3.54. The molecule has 84 valence electrons. The van der Waals surface area contributed by atoms with Gasteiger partial charge in [0.1, 0.15) is 17.2 Å². The van der Waals surface area contributed by atoms with Crippen LogP contribution in [0.25, 0.3) is 10.9 Å². The maximum absolute atomic E-state index is 13.6. The molecule has 16 heavy (non-hydrogen) atoms. The first kappa shape index (κ1) is 10.8. The van der Waals surface area contributed by atoms with Crippen molar-refractivity contribution < 1.29 is 8.78 Å². The molecule has 1 aromatic heterocycles. The molecule has 0 amide bonds. The number of nitrogens with one attached hydrogen (secondary N) is 1. The predicted octanol–water partition coefficient (Wildman–Crippen LogP) is 3.33. The lowest BCUT2D eigenvalue weighted by Crippen LogP contribution is -2.02. The SMILES string of the molecule is CCCNc1ccnc2c(F)ccc(F)c12. The average molecular weight is 222 g/mol. The van der Waals surface area contributed by atoms with Gasteiger partial charge in [-0.15, -0.1) is 0 Å². The van der Waals surface area contributed by atoms with Crippen molar-refractivity contribution in [1.82, 2.24) is 4.98 Å². The van der Waals surface area contributed by atoms with Gasteiger partial charge in [0, 0.05) is 18.4 Å². The highest BCUT2D eigenvalue weighted by Gasteiger charge is 2.10. The van der Waals surface area contributed by atoms with E-state index in [4.69, 9.17) is 0 Å². The van der Waals surface area contributed by atoms with Crippen LogP contribution in [0.4, 0.5) is 14.5 Å². The van der Waals surface area contributed by atoms with E-state index in [2.05, 4.69) is 10.3 Å². The number of pyridine rings is 1. The minimum atomic E-state index is -0.503. The number of nitrogens with zero attached hydrogens (tertiary/aromatic N) is 1. The molecule has 0 unspecified atom stereocenters. The molecule has 0 fully saturated rings. The minimum absolute atomic E-state index is 0.0705. The summed E-state index contributed by atoms with van der Waals surface area (Å²) in [6.45, 7) is 2.72. The fourth-order valence-corrected chi connectivity index (χ4v) is 1.60. The van der Waals surface area contributed by atoms with Crippen LogP contribution in [0.15, 0.2) is 24.4 Å². The molecule has 0 atom stereocenters. The smallest absolute Gasteiger partial charge is 0.149 e. The van der Waals surface area contributed by atoms with Crippen molar-refractivity contribution in [2.45, 2.75) is 13.3 Å². The second kappa shape index (κ2) is 4.43. The van der Waals surface area contributed by atoms with E-state index in [9.17, 15) is 8.78 Å². The number of benzene rings is 1. The fraction of sp³-hybridized carbons (Fsp3) is 0.250. The Bertz CT molecular complexity index is 512. The van der Waals surface area contributed by atoms with E-state index in [-0.39, 0.29) is 10.9 Å². The van der Waals surface area contributed by atoms with Crippen LogP contribution in [0.2, 0.25) is 0 Å². The summed E-state index contributed by atoms with van der Waals surface area (Å²) in [5, 5.41) is 3.28. The minimum Gasteiger partial charge on any atom is -0.384 e. The van der Waals surface area contributed by atoms with Gasteiger partial charge in [0.05, 0.1) is 5.39 Å². The van der Waals surface area contributed by atoms with Crippen molar-refractivity contribution >= 4 is 16.6 Å². The van der Waals surface area contributed by atoms with Gasteiger partial charge in [-0.1, -0.05) is 6.92 Å². The summed E-state index contributed by atoms with van der Waals surface area (Å²) in [6, 6.07) is 3.87. The molecule has 0 aliphatic rings. The van der Waals surface area contributed by atoms with Gasteiger partial charge in [-0.25, -0.2) is 8.78 Å². The Morgan fingerprint density at radius 2 is 1.94 bits per heavy atom. The molecule has 4 heteroatoms. The molecule has 1 heterocycles. The van der Waals surface area contributed by atoms with Gasteiger partial charge < -0.3 is 5.32 Å². The molecule has 1 aromatic carbocycles. The van der Waals surface area contributed by atoms with Gasteiger partial charge in [-0.2, -0.15) is 0 Å². The number of fused-ring (bicyclic) bond motifs is 1. The molecular formula is C12H12F2N2. The van der Waals surface area contributed by atoms with E-state index in [0.29, 0.717) is 5.69 Å². The Kier molecular flexibility index (Phi) is 2.99. The van der Waals surface area contributed by atoms with Crippen molar-refractivity contribution in [1.29, 1.82) is 0 Å². The average Bonchev–Trinajstić information content (AvgIpc) is 2.31. The predicted molar refractivity (Wildman–Crippen MR) is 60.4 cm³/mol. The number of anilines is 1. The molecular weight excluding hydrogens is 210 g/mol. The first-order valence-corrected chi connectivity index (χ1v) is 5.20. The van der Waals surface area contributed by atoms with E-state index in [1.54, 1.807) is 6.07 Å². The summed E-state index contributed by atoms with van der Waals surface area (Å²) in [7, 11) is 0. The number of hydrogen-bond acceptors (Lipinski definition) is 2. The maximum atomic E-state index is 13.6. The van der Waals surface area contributed by atoms with E-state index in [1.165, 1.54) is 6.20 Å². The van der Waals surface area contributed by atoms with Crippen LogP contribution in [-0.4, -0.2) is 11.5 Å². The van der Waals surface area contributed by atoms with E-state index in [0.717, 1.165) is 25.1 Å². The monoisotopic (exact) mass is 222 g/mol. The molecule has 0 aliphatic carbocycles. The highest BCUT2D eigenvalue weighted by molar-refractivity contribution is 5.91. The van der Waals surface area contributed by atoms with Gasteiger partial charge in [0.15, 0.2) is 0 Å². The molecule has 2 aromatic rings. The van der Waals surface area contributed by atoms with Gasteiger partial charge in [-0.05, 0) is 24.6 Å². The molecule has 0 bridgehead atoms. The maximum Gasteiger partial charge on any atom is 0.149 e. The normalized spacial score (nSPS) is 10.7. The first-order chi connectivity index (χ1) is 7.74. The van der Waals surface area contributed by atoms with Crippen molar-refractivity contribution in [2.24, 2.45) is 0 Å². The summed E-state index contributed by atoms with van der Waals surface area (Å²) in [5.74, 6) is -0.959. The number of hydrogen-bond donors (Lipinski definition) is 1. The lowest BCUT2D eigenvalue weighted by Gasteiger charge is -2.09. The largest absolute Gasteiger partial charge is 0.384 e. The van der Waals surface area contributed by atoms with Crippen LogP contribution in [-0.2, 0) is 0 Å². The number of aromatic nitrogens is 1. The quantitative estimate of drug-likeness (QED) is 0.861. The van der Waals surface area contributed by atoms with Crippen molar-refractivity contribution in [3.8, 4) is 0 Å². The molecule has 0 aliphatic heterocycles. The zero-order valence-electron chi connectivity index (χ0n) is 8.93. The molecule has 2 nitrogen and oxygen atoms in total. The summed E-state index contributed by atoms with van der Waals surface area (Å²) < 4.78 is 27.0. The Hall–Kier alpha value is -1.71. The van der Waals surface area contributed by atoms with Crippen LogP contribution >= 0.6 is 0 Å². The summed E-state index contributed by atoms with van der Waals surface area (Å²) in [6.07, 6.45) is 2.39. The van der Waals surface area contributed by atoms with E-state index >= 15 is 0 Å². The van der Waals surface area contributed by atoms with Crippen molar-refractivity contribution in [2.75, 3.05) is 11.9 Å². The third-order valence-corrected chi connectivity index (χ3v) is 2.36. The standard InChI is InChI=1S/C12H12F2N2/c1-2-6-15-10-5-7-16-12-9(14)4-3-8(13)11(10)12/h3-5,7H,2,6H2,1H3,(H,15,16). The molecule has 1 N–H and O–H groups in total. The molecule has 0 radical (unpaired) electrons. The molecule has 0 saturated heterocycles. The van der Waals surface area contributed by atoms with Crippen LogP contribution in [0.1, 0.15) is 13.3 Å². The van der Waals surface area contributed by atoms with Crippen LogP contribution in [0.5, 0.6) is 0 Å². The fourth-order valence-electron chi connectivity index (χ4n) is 1.60. The zero-order valence-corrected chi connectivity index (χ0v) is 8.93. The Morgan fingerprint density at radius 1 is 1.19 bits per heavy atom. The van der Waals surface area contributed by atoms with Crippen molar-refractivity contribution in [3.63, 3.8) is 0 Å². The Morgan fingerprint density at radius 3 is 2.69 bits per heavy atom. The van der Waals surface area contributed by atoms with Crippen molar-refractivity contribution in [3.05, 3.63) is 36.0 Å². The molecule has 2 rings (SSSR count). The molecule has 0 spiro atoms. The van der Waals surface area contributed by atoms with Crippen LogP contribution in [0.3, 0.4) is 0 Å². The molecule has 0 saturated carbocycles. The van der Waals surface area contributed by atoms with Gasteiger partial charge in [0.25, 0.3) is 0 Å². The Balaban J connectivity index is 2.61. The third-order valence-electron chi connectivity index (χ3n) is 2.36.